The Hall–Kier alpha value is -0.630. The summed E-state index contributed by atoms with van der Waals surface area (Å²) in [6.45, 7) is 2.19. The number of anilines is 1. The molecule has 0 spiro atoms. The quantitative estimate of drug-likeness (QED) is 0.702. The maximum absolute atomic E-state index is 12.3. The molecule has 7 heteroatoms. The highest BCUT2D eigenvalue weighted by atomic mass is 79.9. The smallest absolute Gasteiger partial charge is 0.241 e. The molecule has 1 aromatic rings. The molecule has 0 saturated heterocycles. The van der Waals surface area contributed by atoms with Crippen LogP contribution in [-0.2, 0) is 10.0 Å². The topological polar surface area (TPSA) is 92.4 Å². The average Bonchev–Trinajstić information content (AvgIpc) is 2.40. The van der Waals surface area contributed by atoms with E-state index in [0.717, 1.165) is 12.8 Å². The van der Waals surface area contributed by atoms with E-state index < -0.39 is 15.6 Å². The second-order valence-electron chi connectivity index (χ2n) is 5.92. The molecule has 4 N–H and O–H groups in total. The predicted molar refractivity (Wildman–Crippen MR) is 86.3 cm³/mol. The maximum Gasteiger partial charge on any atom is 0.241 e. The molecule has 0 aliphatic heterocycles. The van der Waals surface area contributed by atoms with Crippen molar-refractivity contribution in [2.45, 2.75) is 43.1 Å². The summed E-state index contributed by atoms with van der Waals surface area (Å²) in [5.41, 5.74) is 5.15. The summed E-state index contributed by atoms with van der Waals surface area (Å²) in [4.78, 5) is 0.129. The summed E-state index contributed by atoms with van der Waals surface area (Å²) in [5.74, 6) is 0.591. The number of hydrogen-bond donors (Lipinski definition) is 3. The number of rotatable bonds is 4. The van der Waals surface area contributed by atoms with Crippen LogP contribution in [0.15, 0.2) is 27.6 Å². The van der Waals surface area contributed by atoms with Crippen molar-refractivity contribution >= 4 is 31.6 Å². The minimum Gasteiger partial charge on any atom is -0.399 e. The molecule has 5 nitrogen and oxygen atoms in total. The molecular weight excluding hydrogens is 356 g/mol. The van der Waals surface area contributed by atoms with Crippen molar-refractivity contribution in [3.05, 3.63) is 22.7 Å². The van der Waals surface area contributed by atoms with Gasteiger partial charge in [-0.1, -0.05) is 6.92 Å². The lowest BCUT2D eigenvalue weighted by molar-refractivity contribution is -0.00183. The van der Waals surface area contributed by atoms with Gasteiger partial charge in [0.05, 0.1) is 10.5 Å². The molecule has 1 saturated carbocycles. The third-order valence-electron chi connectivity index (χ3n) is 4.04. The zero-order chi connectivity index (χ0) is 15.7. The number of nitrogens with two attached hydrogens (primary N) is 1. The van der Waals surface area contributed by atoms with Crippen molar-refractivity contribution in [3.8, 4) is 0 Å². The largest absolute Gasteiger partial charge is 0.399 e. The van der Waals surface area contributed by atoms with Crippen molar-refractivity contribution in [2.24, 2.45) is 5.92 Å². The van der Waals surface area contributed by atoms with Gasteiger partial charge < -0.3 is 10.8 Å². The highest BCUT2D eigenvalue weighted by molar-refractivity contribution is 9.10. The van der Waals surface area contributed by atoms with Gasteiger partial charge in [0.2, 0.25) is 10.0 Å². The zero-order valence-electron chi connectivity index (χ0n) is 12.0. The first-order chi connectivity index (χ1) is 9.72. The second kappa shape index (κ2) is 6.24. The third-order valence-corrected chi connectivity index (χ3v) is 6.42. The number of halogens is 1. The van der Waals surface area contributed by atoms with Crippen molar-refractivity contribution in [3.63, 3.8) is 0 Å². The van der Waals surface area contributed by atoms with Crippen molar-refractivity contribution < 1.29 is 13.5 Å². The summed E-state index contributed by atoms with van der Waals surface area (Å²) in [6, 6.07) is 4.54. The molecule has 118 valence electrons. The molecule has 0 amide bonds. The van der Waals surface area contributed by atoms with Gasteiger partial charge >= 0.3 is 0 Å². The lowest BCUT2D eigenvalue weighted by Gasteiger charge is -2.34. The molecule has 0 radical (unpaired) electrons. The summed E-state index contributed by atoms with van der Waals surface area (Å²) in [5, 5.41) is 10.5. The molecule has 0 atom stereocenters. The van der Waals surface area contributed by atoms with Gasteiger partial charge in [0.25, 0.3) is 0 Å². The first-order valence-electron chi connectivity index (χ1n) is 6.99. The lowest BCUT2D eigenvalue weighted by atomic mass is 9.80. The first-order valence-corrected chi connectivity index (χ1v) is 9.27. The minimum atomic E-state index is -3.67. The molecule has 1 aliphatic carbocycles. The normalized spacial score (nSPS) is 26.7. The summed E-state index contributed by atoms with van der Waals surface area (Å²) in [6.07, 6.45) is 3.09. The molecule has 0 bridgehead atoms. The molecule has 21 heavy (non-hydrogen) atoms. The predicted octanol–water partition coefficient (Wildman–Crippen LogP) is 2.25. The van der Waals surface area contributed by atoms with Gasteiger partial charge in [-0.15, -0.1) is 0 Å². The number of nitrogen functional groups attached to an aromatic ring is 1. The standard InChI is InChI=1S/C14H21BrN2O3S/c1-10-4-6-14(18,7-5-10)9-17-21(19,20)13-3-2-11(16)8-12(13)15/h2-3,8,10,17-18H,4-7,9,16H2,1H3. The van der Waals surface area contributed by atoms with Crippen LogP contribution in [0.1, 0.15) is 32.6 Å². The van der Waals surface area contributed by atoms with E-state index in [0.29, 0.717) is 28.9 Å². The van der Waals surface area contributed by atoms with Gasteiger partial charge in [-0.2, -0.15) is 0 Å². The van der Waals surface area contributed by atoms with Gasteiger partial charge in [0, 0.05) is 16.7 Å². The monoisotopic (exact) mass is 376 g/mol. The van der Waals surface area contributed by atoms with Crippen LogP contribution < -0.4 is 10.5 Å². The van der Waals surface area contributed by atoms with Crippen LogP contribution in [0, 0.1) is 5.92 Å². The third kappa shape index (κ3) is 4.18. The van der Waals surface area contributed by atoms with Crippen LogP contribution in [0.5, 0.6) is 0 Å². The van der Waals surface area contributed by atoms with Gasteiger partial charge in [0.1, 0.15) is 0 Å². The molecule has 0 unspecified atom stereocenters. The van der Waals surface area contributed by atoms with Crippen LogP contribution in [0.25, 0.3) is 0 Å². The van der Waals surface area contributed by atoms with Crippen molar-refractivity contribution in [2.75, 3.05) is 12.3 Å². The van der Waals surface area contributed by atoms with Crippen LogP contribution in [0.2, 0.25) is 0 Å². The van der Waals surface area contributed by atoms with Gasteiger partial charge in [-0.3, -0.25) is 0 Å². The molecule has 1 aromatic carbocycles. The van der Waals surface area contributed by atoms with E-state index in [1.165, 1.54) is 12.1 Å². The first kappa shape index (κ1) is 16.7. The van der Waals surface area contributed by atoms with Gasteiger partial charge in [-0.05, 0) is 65.7 Å². The fraction of sp³-hybridized carbons (Fsp3) is 0.571. The molecule has 2 rings (SSSR count). The maximum atomic E-state index is 12.3. The molecule has 0 heterocycles. The van der Waals surface area contributed by atoms with E-state index in [4.69, 9.17) is 5.73 Å². The Morgan fingerprint density at radius 3 is 2.62 bits per heavy atom. The van der Waals surface area contributed by atoms with Crippen LogP contribution in [0.4, 0.5) is 5.69 Å². The highest BCUT2D eigenvalue weighted by Crippen LogP contribution is 2.32. The Balaban J connectivity index is 2.08. The van der Waals surface area contributed by atoms with E-state index in [-0.39, 0.29) is 11.4 Å². The van der Waals surface area contributed by atoms with Gasteiger partial charge in [-0.25, -0.2) is 13.1 Å². The Labute approximate surface area is 134 Å². The van der Waals surface area contributed by atoms with Crippen LogP contribution >= 0.6 is 15.9 Å². The van der Waals surface area contributed by atoms with Crippen molar-refractivity contribution in [1.82, 2.24) is 4.72 Å². The average molecular weight is 377 g/mol. The van der Waals surface area contributed by atoms with E-state index in [9.17, 15) is 13.5 Å². The zero-order valence-corrected chi connectivity index (χ0v) is 14.4. The Morgan fingerprint density at radius 1 is 1.43 bits per heavy atom. The van der Waals surface area contributed by atoms with Crippen LogP contribution in [-0.4, -0.2) is 25.7 Å². The molecule has 0 aromatic heterocycles. The molecule has 1 aliphatic rings. The summed E-state index contributed by atoms with van der Waals surface area (Å²) < 4.78 is 27.6. The Kier molecular flexibility index (Phi) is 4.97. The highest BCUT2D eigenvalue weighted by Gasteiger charge is 2.33. The molecule has 1 fully saturated rings. The Bertz CT molecular complexity index is 611. The summed E-state index contributed by atoms with van der Waals surface area (Å²) >= 11 is 3.21. The summed E-state index contributed by atoms with van der Waals surface area (Å²) in [7, 11) is -3.67. The number of nitrogens with one attached hydrogen (secondary N) is 1. The van der Waals surface area contributed by atoms with E-state index >= 15 is 0 Å². The minimum absolute atomic E-state index is 0.0405. The number of aliphatic hydroxyl groups is 1. The van der Waals surface area contributed by atoms with Crippen LogP contribution in [0.3, 0.4) is 0 Å². The van der Waals surface area contributed by atoms with Crippen molar-refractivity contribution in [1.29, 1.82) is 0 Å². The number of hydrogen-bond acceptors (Lipinski definition) is 4. The second-order valence-corrected chi connectivity index (χ2v) is 8.51. The number of sulfonamides is 1. The fourth-order valence-corrected chi connectivity index (χ4v) is 4.73. The lowest BCUT2D eigenvalue weighted by Crippen LogP contribution is -2.45. The SMILES string of the molecule is CC1CCC(O)(CNS(=O)(=O)c2ccc(N)cc2Br)CC1. The van der Waals surface area contributed by atoms with E-state index in [1.54, 1.807) is 6.07 Å². The van der Waals surface area contributed by atoms with E-state index in [1.807, 2.05) is 0 Å². The molecular formula is C14H21BrN2O3S. The Morgan fingerprint density at radius 2 is 2.05 bits per heavy atom. The van der Waals surface area contributed by atoms with Gasteiger partial charge in [0.15, 0.2) is 0 Å². The number of benzene rings is 1. The fourth-order valence-electron chi connectivity index (χ4n) is 2.52. The van der Waals surface area contributed by atoms with E-state index in [2.05, 4.69) is 27.6 Å².